The number of benzene rings is 1. The molecule has 0 spiro atoms. The van der Waals surface area contributed by atoms with E-state index in [0.717, 1.165) is 41.7 Å². The lowest BCUT2D eigenvalue weighted by molar-refractivity contribution is 0.355. The Labute approximate surface area is 193 Å². The van der Waals surface area contributed by atoms with Gasteiger partial charge in [0.25, 0.3) is 0 Å². The van der Waals surface area contributed by atoms with E-state index < -0.39 is 0 Å². The summed E-state index contributed by atoms with van der Waals surface area (Å²) in [5.41, 5.74) is 1.85. The molecule has 3 aromatic rings. The molecule has 5 nitrogen and oxygen atoms in total. The van der Waals surface area contributed by atoms with E-state index in [2.05, 4.69) is 40.4 Å². The van der Waals surface area contributed by atoms with Gasteiger partial charge in [-0.15, -0.1) is 0 Å². The van der Waals surface area contributed by atoms with Crippen molar-refractivity contribution >= 4 is 40.4 Å². The number of nitrogens with zero attached hydrogens (tertiary/aromatic N) is 2. The van der Waals surface area contributed by atoms with Gasteiger partial charge in [-0.05, 0) is 79.0 Å². The number of hydrogen-bond donors (Lipinski definition) is 2. The average molecular weight is 455 g/mol. The molecule has 162 valence electrons. The summed E-state index contributed by atoms with van der Waals surface area (Å²) in [7, 11) is 0. The van der Waals surface area contributed by atoms with Crippen LogP contribution in [-0.2, 0) is 6.54 Å². The van der Waals surface area contributed by atoms with Crippen molar-refractivity contribution in [3.05, 3.63) is 65.5 Å². The van der Waals surface area contributed by atoms with Crippen LogP contribution >= 0.6 is 23.8 Å². The number of rotatable bonds is 5. The van der Waals surface area contributed by atoms with Gasteiger partial charge in [-0.1, -0.05) is 25.4 Å². The Morgan fingerprint density at radius 3 is 2.52 bits per heavy atom. The highest BCUT2D eigenvalue weighted by molar-refractivity contribution is 7.80. The molecule has 4 rings (SSSR count). The number of piperidine rings is 1. The molecule has 0 amide bonds. The van der Waals surface area contributed by atoms with Gasteiger partial charge in [0.15, 0.2) is 5.11 Å². The molecule has 2 N–H and O–H groups in total. The zero-order valence-electron chi connectivity index (χ0n) is 17.8. The molecule has 0 aliphatic carbocycles. The molecule has 0 unspecified atom stereocenters. The van der Waals surface area contributed by atoms with Crippen molar-refractivity contribution in [1.82, 2.24) is 10.3 Å². The monoisotopic (exact) mass is 454 g/mol. The van der Waals surface area contributed by atoms with Gasteiger partial charge in [0.2, 0.25) is 0 Å². The maximum absolute atomic E-state index is 5.95. The predicted octanol–water partition coefficient (Wildman–Crippen LogP) is 5.96. The number of pyridine rings is 1. The standard InChI is InChI=1S/C24H27ClN4OS/c1-16-11-17(2)15-29(14-16)23-10-7-20(12-26-23)28-24(31)27-13-21-8-9-22(30-21)18-3-5-19(25)6-4-18/h3-10,12,16-17H,11,13-15H2,1-2H3,(H2,27,28,31)/t16-,17+. The number of nitrogens with one attached hydrogen (secondary N) is 2. The second-order valence-corrected chi connectivity index (χ2v) is 9.18. The molecule has 0 radical (unpaired) electrons. The third-order valence-electron chi connectivity index (χ3n) is 5.41. The molecule has 1 aromatic carbocycles. The van der Waals surface area contributed by atoms with Gasteiger partial charge >= 0.3 is 0 Å². The first-order chi connectivity index (χ1) is 15.0. The first-order valence-corrected chi connectivity index (χ1v) is 11.4. The van der Waals surface area contributed by atoms with Gasteiger partial charge in [0.05, 0.1) is 18.4 Å². The lowest BCUT2D eigenvalue weighted by atomic mass is 9.92. The van der Waals surface area contributed by atoms with Gasteiger partial charge in [-0.2, -0.15) is 0 Å². The predicted molar refractivity (Wildman–Crippen MR) is 132 cm³/mol. The molecular weight excluding hydrogens is 428 g/mol. The summed E-state index contributed by atoms with van der Waals surface area (Å²) in [6.07, 6.45) is 3.12. The van der Waals surface area contributed by atoms with E-state index in [-0.39, 0.29) is 0 Å². The fraction of sp³-hybridized carbons (Fsp3) is 0.333. The Bertz CT molecular complexity index is 1010. The minimum Gasteiger partial charge on any atom is -0.459 e. The smallest absolute Gasteiger partial charge is 0.171 e. The summed E-state index contributed by atoms with van der Waals surface area (Å²) in [6.45, 7) is 7.23. The Balaban J connectivity index is 1.29. The van der Waals surface area contributed by atoms with Crippen molar-refractivity contribution < 1.29 is 4.42 Å². The van der Waals surface area contributed by atoms with E-state index in [1.54, 1.807) is 0 Å². The summed E-state index contributed by atoms with van der Waals surface area (Å²) in [5, 5.41) is 7.60. The van der Waals surface area contributed by atoms with Crippen LogP contribution in [0.2, 0.25) is 5.02 Å². The molecular formula is C24H27ClN4OS. The first-order valence-electron chi connectivity index (χ1n) is 10.6. The van der Waals surface area contributed by atoms with Crippen LogP contribution in [0.25, 0.3) is 11.3 Å². The van der Waals surface area contributed by atoms with Crippen LogP contribution in [0.3, 0.4) is 0 Å². The van der Waals surface area contributed by atoms with E-state index in [4.69, 9.17) is 28.2 Å². The first kappa shape index (κ1) is 21.7. The molecule has 3 heterocycles. The summed E-state index contributed by atoms with van der Waals surface area (Å²) in [6, 6.07) is 15.5. The van der Waals surface area contributed by atoms with E-state index in [1.807, 2.05) is 48.7 Å². The van der Waals surface area contributed by atoms with Crippen molar-refractivity contribution in [3.8, 4) is 11.3 Å². The van der Waals surface area contributed by atoms with Crippen LogP contribution in [-0.4, -0.2) is 23.2 Å². The Hall–Kier alpha value is -2.57. The molecule has 31 heavy (non-hydrogen) atoms. The van der Waals surface area contributed by atoms with Gasteiger partial charge in [0.1, 0.15) is 17.3 Å². The highest BCUT2D eigenvalue weighted by Crippen LogP contribution is 2.26. The van der Waals surface area contributed by atoms with Crippen molar-refractivity contribution in [3.63, 3.8) is 0 Å². The molecule has 1 fully saturated rings. The highest BCUT2D eigenvalue weighted by atomic mass is 35.5. The Kier molecular flexibility index (Phi) is 6.78. The molecule has 2 aromatic heterocycles. The van der Waals surface area contributed by atoms with E-state index >= 15 is 0 Å². The van der Waals surface area contributed by atoms with Crippen LogP contribution in [0.15, 0.2) is 59.1 Å². The van der Waals surface area contributed by atoms with Crippen LogP contribution in [0, 0.1) is 11.8 Å². The molecule has 1 aliphatic heterocycles. The number of furan rings is 1. The maximum Gasteiger partial charge on any atom is 0.171 e. The molecule has 7 heteroatoms. The number of aromatic nitrogens is 1. The molecule has 0 saturated carbocycles. The molecule has 1 saturated heterocycles. The van der Waals surface area contributed by atoms with Crippen LogP contribution in [0.1, 0.15) is 26.0 Å². The van der Waals surface area contributed by atoms with Gasteiger partial charge in [0, 0.05) is 23.7 Å². The molecule has 1 aliphatic rings. The maximum atomic E-state index is 5.95. The lowest BCUT2D eigenvalue weighted by Crippen LogP contribution is -2.39. The van der Waals surface area contributed by atoms with E-state index in [9.17, 15) is 0 Å². The number of halogens is 1. The third-order valence-corrected chi connectivity index (χ3v) is 5.91. The number of hydrogen-bond acceptors (Lipinski definition) is 4. The van der Waals surface area contributed by atoms with E-state index in [1.165, 1.54) is 6.42 Å². The molecule has 0 bridgehead atoms. The fourth-order valence-corrected chi connectivity index (χ4v) is 4.40. The van der Waals surface area contributed by atoms with Crippen molar-refractivity contribution in [2.24, 2.45) is 11.8 Å². The largest absolute Gasteiger partial charge is 0.459 e. The van der Waals surface area contributed by atoms with Crippen LogP contribution in [0.4, 0.5) is 11.5 Å². The zero-order chi connectivity index (χ0) is 21.8. The van der Waals surface area contributed by atoms with Crippen LogP contribution in [0.5, 0.6) is 0 Å². The Morgan fingerprint density at radius 2 is 1.84 bits per heavy atom. The lowest BCUT2D eigenvalue weighted by Gasteiger charge is -2.35. The van der Waals surface area contributed by atoms with Crippen LogP contribution < -0.4 is 15.5 Å². The summed E-state index contributed by atoms with van der Waals surface area (Å²) < 4.78 is 5.90. The molecule has 2 atom stereocenters. The third kappa shape index (κ3) is 5.77. The van der Waals surface area contributed by atoms with Crippen molar-refractivity contribution in [2.45, 2.75) is 26.8 Å². The van der Waals surface area contributed by atoms with Gasteiger partial charge in [-0.3, -0.25) is 0 Å². The Morgan fingerprint density at radius 1 is 1.10 bits per heavy atom. The minimum atomic E-state index is 0.495. The number of anilines is 2. The zero-order valence-corrected chi connectivity index (χ0v) is 19.3. The summed E-state index contributed by atoms with van der Waals surface area (Å²) in [5.74, 6) is 4.02. The average Bonchev–Trinajstić information content (AvgIpc) is 3.22. The van der Waals surface area contributed by atoms with Gasteiger partial charge in [-0.25, -0.2) is 4.98 Å². The minimum absolute atomic E-state index is 0.495. The highest BCUT2D eigenvalue weighted by Gasteiger charge is 2.22. The quantitative estimate of drug-likeness (QED) is 0.463. The fourth-order valence-electron chi connectivity index (χ4n) is 4.08. The summed E-state index contributed by atoms with van der Waals surface area (Å²) >= 11 is 11.4. The van der Waals surface area contributed by atoms with Gasteiger partial charge < -0.3 is 20.0 Å². The van der Waals surface area contributed by atoms with Crippen molar-refractivity contribution in [2.75, 3.05) is 23.3 Å². The van der Waals surface area contributed by atoms with Crippen molar-refractivity contribution in [1.29, 1.82) is 0 Å². The second-order valence-electron chi connectivity index (χ2n) is 8.34. The van der Waals surface area contributed by atoms with E-state index in [0.29, 0.717) is 28.5 Å². The normalized spacial score (nSPS) is 18.6. The number of thiocarbonyl (C=S) groups is 1. The SMILES string of the molecule is C[C@@H]1C[C@H](C)CN(c2ccc(NC(=S)NCc3ccc(-c4ccc(Cl)cc4)o3)cn2)C1. The summed E-state index contributed by atoms with van der Waals surface area (Å²) in [4.78, 5) is 7.00. The topological polar surface area (TPSA) is 53.3 Å². The second kappa shape index (κ2) is 9.71.